The van der Waals surface area contributed by atoms with Crippen LogP contribution in [0.4, 0.5) is 11.5 Å². The fraction of sp³-hybridized carbons (Fsp3) is 0.700. The fourth-order valence-electron chi connectivity index (χ4n) is 1.78. The van der Waals surface area contributed by atoms with Gasteiger partial charge in [-0.1, -0.05) is 6.92 Å². The first-order chi connectivity index (χ1) is 6.97. The molecule has 86 valence electrons. The smallest absolute Gasteiger partial charge is 0.150 e. The molecule has 0 aliphatic carbocycles. The average Bonchev–Trinajstić information content (AvgIpc) is 2.40. The Morgan fingerprint density at radius 2 is 2.20 bits per heavy atom. The van der Waals surface area contributed by atoms with Crippen molar-refractivity contribution >= 4 is 11.5 Å². The predicted molar refractivity (Wildman–Crippen MR) is 61.9 cm³/mol. The van der Waals surface area contributed by atoms with Crippen LogP contribution in [-0.4, -0.2) is 34.6 Å². The molecule has 0 fully saturated rings. The molecule has 0 bridgehead atoms. The van der Waals surface area contributed by atoms with Gasteiger partial charge in [0.05, 0.1) is 17.5 Å². The standard InChI is InChI=1S/C10H20N4O/c1-5-8-9(11)10(14(4)12-8)13(3)6-7(2)15/h7,15H,5-6,11H2,1-4H3. The summed E-state index contributed by atoms with van der Waals surface area (Å²) in [6.45, 7) is 4.33. The Bertz CT molecular complexity index is 332. The van der Waals surface area contributed by atoms with Crippen molar-refractivity contribution in [1.82, 2.24) is 9.78 Å². The van der Waals surface area contributed by atoms with Crippen molar-refractivity contribution in [2.75, 3.05) is 24.2 Å². The SMILES string of the molecule is CCc1nn(C)c(N(C)CC(C)O)c1N. The lowest BCUT2D eigenvalue weighted by molar-refractivity contribution is 0.201. The molecule has 3 N–H and O–H groups in total. The minimum absolute atomic E-state index is 0.380. The Hall–Kier alpha value is -1.23. The summed E-state index contributed by atoms with van der Waals surface area (Å²) in [6.07, 6.45) is 0.441. The maximum atomic E-state index is 9.32. The second-order valence-electron chi connectivity index (χ2n) is 3.89. The first kappa shape index (κ1) is 11.8. The van der Waals surface area contributed by atoms with Crippen molar-refractivity contribution in [3.63, 3.8) is 0 Å². The maximum absolute atomic E-state index is 9.32. The van der Waals surface area contributed by atoms with Crippen molar-refractivity contribution in [3.8, 4) is 0 Å². The van der Waals surface area contributed by atoms with E-state index in [1.165, 1.54) is 0 Å². The molecule has 1 rings (SSSR count). The molecule has 0 spiro atoms. The second-order valence-corrected chi connectivity index (χ2v) is 3.89. The van der Waals surface area contributed by atoms with E-state index in [0.717, 1.165) is 17.9 Å². The summed E-state index contributed by atoms with van der Waals surface area (Å²) in [5.41, 5.74) is 7.60. The summed E-state index contributed by atoms with van der Waals surface area (Å²) in [7, 11) is 3.77. The number of aliphatic hydroxyl groups is 1. The summed E-state index contributed by atoms with van der Waals surface area (Å²) in [6, 6.07) is 0. The van der Waals surface area contributed by atoms with Gasteiger partial charge in [-0.15, -0.1) is 0 Å². The summed E-state index contributed by atoms with van der Waals surface area (Å²) in [4.78, 5) is 1.92. The van der Waals surface area contributed by atoms with Crippen LogP contribution in [0, 0.1) is 0 Å². The Morgan fingerprint density at radius 1 is 1.60 bits per heavy atom. The number of hydrogen-bond donors (Lipinski definition) is 2. The Balaban J connectivity index is 2.97. The molecule has 1 aromatic heterocycles. The Labute approximate surface area is 90.5 Å². The van der Waals surface area contributed by atoms with E-state index < -0.39 is 0 Å². The molecule has 1 heterocycles. The normalized spacial score (nSPS) is 12.9. The molecular weight excluding hydrogens is 192 g/mol. The molecular formula is C10H20N4O. The van der Waals surface area contributed by atoms with Crippen molar-refractivity contribution in [2.24, 2.45) is 7.05 Å². The molecule has 5 nitrogen and oxygen atoms in total. The van der Waals surface area contributed by atoms with Crippen LogP contribution in [0.3, 0.4) is 0 Å². The lowest BCUT2D eigenvalue weighted by Crippen LogP contribution is -2.29. The highest BCUT2D eigenvalue weighted by atomic mass is 16.3. The molecule has 5 heteroatoms. The van der Waals surface area contributed by atoms with Gasteiger partial charge >= 0.3 is 0 Å². The quantitative estimate of drug-likeness (QED) is 0.757. The molecule has 0 aliphatic rings. The number of hydrogen-bond acceptors (Lipinski definition) is 4. The maximum Gasteiger partial charge on any atom is 0.150 e. The van der Waals surface area contributed by atoms with E-state index in [9.17, 15) is 5.11 Å². The van der Waals surface area contributed by atoms with Gasteiger partial charge in [0.25, 0.3) is 0 Å². The fourth-order valence-corrected chi connectivity index (χ4v) is 1.78. The second kappa shape index (κ2) is 4.53. The number of aromatic nitrogens is 2. The van der Waals surface area contributed by atoms with Crippen molar-refractivity contribution in [2.45, 2.75) is 26.4 Å². The summed E-state index contributed by atoms with van der Waals surface area (Å²) in [5, 5.41) is 13.6. The van der Waals surface area contributed by atoms with Gasteiger partial charge in [-0.25, -0.2) is 0 Å². The highest BCUT2D eigenvalue weighted by molar-refractivity contribution is 5.66. The summed E-state index contributed by atoms with van der Waals surface area (Å²) < 4.78 is 1.76. The molecule has 1 atom stereocenters. The zero-order chi connectivity index (χ0) is 11.6. The van der Waals surface area contributed by atoms with E-state index in [1.54, 1.807) is 11.6 Å². The third-order valence-corrected chi connectivity index (χ3v) is 2.36. The van der Waals surface area contributed by atoms with Crippen LogP contribution in [0.2, 0.25) is 0 Å². The average molecular weight is 212 g/mol. The zero-order valence-corrected chi connectivity index (χ0v) is 9.86. The molecule has 1 unspecified atom stereocenters. The Kier molecular flexibility index (Phi) is 3.57. The molecule has 0 saturated carbocycles. The van der Waals surface area contributed by atoms with E-state index >= 15 is 0 Å². The van der Waals surface area contributed by atoms with Gasteiger partial charge in [0.15, 0.2) is 0 Å². The van der Waals surface area contributed by atoms with Crippen molar-refractivity contribution < 1.29 is 5.11 Å². The number of nitrogens with zero attached hydrogens (tertiary/aromatic N) is 3. The molecule has 0 amide bonds. The number of anilines is 2. The van der Waals surface area contributed by atoms with Crippen LogP contribution in [0.5, 0.6) is 0 Å². The van der Waals surface area contributed by atoms with Gasteiger partial charge in [0, 0.05) is 20.6 Å². The van der Waals surface area contributed by atoms with E-state index in [4.69, 9.17) is 5.73 Å². The summed E-state index contributed by atoms with van der Waals surface area (Å²) in [5.74, 6) is 0.868. The number of nitrogens with two attached hydrogens (primary N) is 1. The number of aryl methyl sites for hydroxylation is 2. The van der Waals surface area contributed by atoms with Gasteiger partial charge in [-0.2, -0.15) is 5.10 Å². The van der Waals surface area contributed by atoms with E-state index in [1.807, 2.05) is 25.9 Å². The molecule has 0 aromatic carbocycles. The first-order valence-corrected chi connectivity index (χ1v) is 5.17. The lowest BCUT2D eigenvalue weighted by atomic mass is 10.3. The van der Waals surface area contributed by atoms with Crippen LogP contribution < -0.4 is 10.6 Å². The number of nitrogen functional groups attached to an aromatic ring is 1. The molecule has 1 aromatic rings. The van der Waals surface area contributed by atoms with Crippen LogP contribution in [0.15, 0.2) is 0 Å². The van der Waals surface area contributed by atoms with Crippen LogP contribution >= 0.6 is 0 Å². The largest absolute Gasteiger partial charge is 0.394 e. The van der Waals surface area contributed by atoms with E-state index in [0.29, 0.717) is 12.2 Å². The highest BCUT2D eigenvalue weighted by Crippen LogP contribution is 2.25. The predicted octanol–water partition coefficient (Wildman–Crippen LogP) is 0.382. The van der Waals surface area contributed by atoms with Crippen LogP contribution in [0.25, 0.3) is 0 Å². The molecule has 15 heavy (non-hydrogen) atoms. The van der Waals surface area contributed by atoms with Gasteiger partial charge in [0.1, 0.15) is 5.82 Å². The lowest BCUT2D eigenvalue weighted by Gasteiger charge is -2.21. The molecule has 0 aliphatic heterocycles. The van der Waals surface area contributed by atoms with E-state index in [2.05, 4.69) is 5.10 Å². The monoisotopic (exact) mass is 212 g/mol. The van der Waals surface area contributed by atoms with Gasteiger partial charge in [-0.3, -0.25) is 4.68 Å². The zero-order valence-electron chi connectivity index (χ0n) is 9.86. The van der Waals surface area contributed by atoms with Crippen LogP contribution in [-0.2, 0) is 13.5 Å². The highest BCUT2D eigenvalue weighted by Gasteiger charge is 2.16. The first-order valence-electron chi connectivity index (χ1n) is 5.17. The summed E-state index contributed by atoms with van der Waals surface area (Å²) >= 11 is 0. The molecule has 0 radical (unpaired) electrons. The van der Waals surface area contributed by atoms with Gasteiger partial charge in [-0.05, 0) is 13.3 Å². The minimum Gasteiger partial charge on any atom is -0.394 e. The molecule has 0 saturated heterocycles. The van der Waals surface area contributed by atoms with Gasteiger partial charge < -0.3 is 15.7 Å². The Morgan fingerprint density at radius 3 is 2.60 bits per heavy atom. The number of likely N-dealkylation sites (N-methyl/N-ethyl adjacent to an activating group) is 1. The minimum atomic E-state index is -0.380. The third kappa shape index (κ3) is 2.41. The number of rotatable bonds is 4. The number of aliphatic hydroxyl groups excluding tert-OH is 1. The van der Waals surface area contributed by atoms with Crippen molar-refractivity contribution in [1.29, 1.82) is 0 Å². The van der Waals surface area contributed by atoms with Gasteiger partial charge in [0.2, 0.25) is 0 Å². The van der Waals surface area contributed by atoms with E-state index in [-0.39, 0.29) is 6.10 Å². The third-order valence-electron chi connectivity index (χ3n) is 2.36. The van der Waals surface area contributed by atoms with Crippen LogP contribution in [0.1, 0.15) is 19.5 Å². The topological polar surface area (TPSA) is 67.3 Å². The van der Waals surface area contributed by atoms with Crippen molar-refractivity contribution in [3.05, 3.63) is 5.69 Å².